The van der Waals surface area contributed by atoms with Gasteiger partial charge in [0, 0.05) is 13.1 Å². The largest absolute Gasteiger partial charge is 0.478 e. The van der Waals surface area contributed by atoms with Crippen LogP contribution in [0.4, 0.5) is 10.1 Å². The molecule has 17 heavy (non-hydrogen) atoms. The van der Waals surface area contributed by atoms with E-state index < -0.39 is 11.8 Å². The van der Waals surface area contributed by atoms with Crippen LogP contribution in [0.5, 0.6) is 0 Å². The first kappa shape index (κ1) is 11.9. The lowest BCUT2D eigenvalue weighted by molar-refractivity contribution is 0.0697. The van der Waals surface area contributed by atoms with E-state index in [1.165, 1.54) is 18.9 Å². The summed E-state index contributed by atoms with van der Waals surface area (Å²) < 4.78 is 13.1. The molecule has 0 spiro atoms. The number of hydrogen-bond acceptors (Lipinski definition) is 2. The smallest absolute Gasteiger partial charge is 0.337 e. The summed E-state index contributed by atoms with van der Waals surface area (Å²) in [7, 11) is 0. The Balaban J connectivity index is 2.30. The molecule has 0 heterocycles. The van der Waals surface area contributed by atoms with Crippen molar-refractivity contribution < 1.29 is 14.3 Å². The molecule has 0 aromatic heterocycles. The van der Waals surface area contributed by atoms with Gasteiger partial charge >= 0.3 is 5.97 Å². The maximum atomic E-state index is 13.1. The first-order valence-corrected chi connectivity index (χ1v) is 5.89. The van der Waals surface area contributed by atoms with Gasteiger partial charge in [0.05, 0.1) is 11.3 Å². The lowest BCUT2D eigenvalue weighted by Crippen LogP contribution is -2.27. The molecular weight excluding hydrogens is 221 g/mol. The summed E-state index contributed by atoms with van der Waals surface area (Å²) in [6.07, 6.45) is 2.42. The van der Waals surface area contributed by atoms with Crippen LogP contribution in [0.25, 0.3) is 0 Å². The van der Waals surface area contributed by atoms with Crippen molar-refractivity contribution in [2.45, 2.75) is 19.8 Å². The molecule has 3 nitrogen and oxygen atoms in total. The van der Waals surface area contributed by atoms with E-state index in [9.17, 15) is 9.18 Å². The molecule has 92 valence electrons. The van der Waals surface area contributed by atoms with Crippen LogP contribution in [-0.2, 0) is 0 Å². The number of benzene rings is 1. The Morgan fingerprint density at radius 2 is 2.24 bits per heavy atom. The van der Waals surface area contributed by atoms with Gasteiger partial charge in [0.15, 0.2) is 0 Å². The van der Waals surface area contributed by atoms with E-state index in [4.69, 9.17) is 5.11 Å². The molecule has 1 N–H and O–H groups in total. The number of rotatable bonds is 5. The monoisotopic (exact) mass is 237 g/mol. The number of carboxylic acids is 1. The third-order valence-corrected chi connectivity index (χ3v) is 3.09. The molecule has 0 atom stereocenters. The van der Waals surface area contributed by atoms with Crippen molar-refractivity contribution >= 4 is 11.7 Å². The highest BCUT2D eigenvalue weighted by atomic mass is 19.1. The molecule has 4 heteroatoms. The average Bonchev–Trinajstić information content (AvgIpc) is 3.10. The second kappa shape index (κ2) is 4.73. The van der Waals surface area contributed by atoms with E-state index in [1.807, 2.05) is 11.8 Å². The number of carbonyl (C=O) groups is 1. The fraction of sp³-hybridized carbons (Fsp3) is 0.462. The molecule has 0 radical (unpaired) electrons. The van der Waals surface area contributed by atoms with Crippen molar-refractivity contribution in [1.29, 1.82) is 0 Å². The van der Waals surface area contributed by atoms with Gasteiger partial charge in [-0.15, -0.1) is 0 Å². The minimum absolute atomic E-state index is 0.0486. The van der Waals surface area contributed by atoms with Gasteiger partial charge < -0.3 is 10.0 Å². The Morgan fingerprint density at radius 3 is 2.76 bits per heavy atom. The van der Waals surface area contributed by atoms with Crippen LogP contribution in [0.1, 0.15) is 30.1 Å². The summed E-state index contributed by atoms with van der Waals surface area (Å²) in [5.74, 6) is -0.913. The van der Waals surface area contributed by atoms with Gasteiger partial charge in [-0.1, -0.05) is 0 Å². The standard InChI is InChI=1S/C13H16FNO2/c1-2-15(8-9-3-4-9)12-6-5-10(14)7-11(12)13(16)17/h5-7,9H,2-4,8H2,1H3,(H,16,17). The van der Waals surface area contributed by atoms with Crippen LogP contribution in [-0.4, -0.2) is 24.2 Å². The zero-order valence-corrected chi connectivity index (χ0v) is 9.82. The average molecular weight is 237 g/mol. The Hall–Kier alpha value is -1.58. The van der Waals surface area contributed by atoms with Gasteiger partial charge in [-0.25, -0.2) is 9.18 Å². The summed E-state index contributed by atoms with van der Waals surface area (Å²) in [5, 5.41) is 9.09. The van der Waals surface area contributed by atoms with Crippen molar-refractivity contribution in [3.8, 4) is 0 Å². The third-order valence-electron chi connectivity index (χ3n) is 3.09. The van der Waals surface area contributed by atoms with Crippen LogP contribution in [0, 0.1) is 11.7 Å². The zero-order chi connectivity index (χ0) is 12.4. The number of hydrogen-bond donors (Lipinski definition) is 1. The molecule has 1 aliphatic rings. The van der Waals surface area contributed by atoms with E-state index in [2.05, 4.69) is 0 Å². The number of aromatic carboxylic acids is 1. The maximum absolute atomic E-state index is 13.1. The normalized spacial score (nSPS) is 14.7. The predicted octanol–water partition coefficient (Wildman–Crippen LogP) is 2.76. The molecule has 0 amide bonds. The van der Waals surface area contributed by atoms with Gasteiger partial charge in [0.2, 0.25) is 0 Å². The maximum Gasteiger partial charge on any atom is 0.337 e. The van der Waals surface area contributed by atoms with E-state index >= 15 is 0 Å². The van der Waals surface area contributed by atoms with Crippen molar-refractivity contribution in [3.63, 3.8) is 0 Å². The topological polar surface area (TPSA) is 40.5 Å². The van der Waals surface area contributed by atoms with Gasteiger partial charge in [0.25, 0.3) is 0 Å². The third kappa shape index (κ3) is 2.75. The van der Waals surface area contributed by atoms with Crippen LogP contribution < -0.4 is 4.90 Å². The number of nitrogens with zero attached hydrogens (tertiary/aromatic N) is 1. The van der Waals surface area contributed by atoms with Crippen molar-refractivity contribution in [2.24, 2.45) is 5.92 Å². The molecule has 1 saturated carbocycles. The predicted molar refractivity (Wildman–Crippen MR) is 64.0 cm³/mol. The highest BCUT2D eigenvalue weighted by Crippen LogP contribution is 2.32. The highest BCUT2D eigenvalue weighted by molar-refractivity contribution is 5.94. The molecule has 0 bridgehead atoms. The van der Waals surface area contributed by atoms with Crippen molar-refractivity contribution in [1.82, 2.24) is 0 Å². The second-order valence-electron chi connectivity index (χ2n) is 4.45. The molecule has 1 fully saturated rings. The lowest BCUT2D eigenvalue weighted by Gasteiger charge is -2.24. The number of anilines is 1. The van der Waals surface area contributed by atoms with Gasteiger partial charge in [-0.05, 0) is 43.9 Å². The van der Waals surface area contributed by atoms with Crippen LogP contribution >= 0.6 is 0 Å². The van der Waals surface area contributed by atoms with E-state index in [0.29, 0.717) is 11.6 Å². The minimum Gasteiger partial charge on any atom is -0.478 e. The minimum atomic E-state index is -1.08. The summed E-state index contributed by atoms with van der Waals surface area (Å²) in [6.45, 7) is 3.59. The fourth-order valence-corrected chi connectivity index (χ4v) is 1.97. The molecule has 1 aliphatic carbocycles. The van der Waals surface area contributed by atoms with E-state index in [-0.39, 0.29) is 5.56 Å². The van der Waals surface area contributed by atoms with Gasteiger partial charge in [-0.3, -0.25) is 0 Å². The molecule has 0 unspecified atom stereocenters. The first-order chi connectivity index (χ1) is 8.11. The Kier molecular flexibility index (Phi) is 3.31. The molecule has 1 aromatic carbocycles. The van der Waals surface area contributed by atoms with Gasteiger partial charge in [0.1, 0.15) is 5.82 Å². The van der Waals surface area contributed by atoms with Crippen molar-refractivity contribution in [2.75, 3.05) is 18.0 Å². The second-order valence-corrected chi connectivity index (χ2v) is 4.45. The fourth-order valence-electron chi connectivity index (χ4n) is 1.97. The number of carboxylic acid groups (broad SMARTS) is 1. The SMILES string of the molecule is CCN(CC1CC1)c1ccc(F)cc1C(=O)O. The first-order valence-electron chi connectivity index (χ1n) is 5.89. The Bertz CT molecular complexity index is 429. The molecule has 2 rings (SSSR count). The summed E-state index contributed by atoms with van der Waals surface area (Å²) in [5.41, 5.74) is 0.667. The lowest BCUT2D eigenvalue weighted by atomic mass is 10.1. The van der Waals surface area contributed by atoms with Crippen LogP contribution in [0.3, 0.4) is 0 Å². The molecular formula is C13H16FNO2. The zero-order valence-electron chi connectivity index (χ0n) is 9.82. The van der Waals surface area contributed by atoms with Gasteiger partial charge in [-0.2, -0.15) is 0 Å². The van der Waals surface area contributed by atoms with Crippen LogP contribution in [0.15, 0.2) is 18.2 Å². The van der Waals surface area contributed by atoms with E-state index in [1.54, 1.807) is 6.07 Å². The summed E-state index contributed by atoms with van der Waals surface area (Å²) >= 11 is 0. The molecule has 1 aromatic rings. The quantitative estimate of drug-likeness (QED) is 0.856. The Labute approximate surface area is 99.9 Å². The van der Waals surface area contributed by atoms with E-state index in [0.717, 1.165) is 19.2 Å². The van der Waals surface area contributed by atoms with Crippen molar-refractivity contribution in [3.05, 3.63) is 29.6 Å². The summed E-state index contributed by atoms with van der Waals surface area (Å²) in [6, 6.07) is 3.97. The van der Waals surface area contributed by atoms with Crippen LogP contribution in [0.2, 0.25) is 0 Å². The highest BCUT2D eigenvalue weighted by Gasteiger charge is 2.25. The molecule has 0 aliphatic heterocycles. The number of halogens is 1. The Morgan fingerprint density at radius 1 is 1.53 bits per heavy atom. The summed E-state index contributed by atoms with van der Waals surface area (Å²) in [4.78, 5) is 13.1. The molecule has 0 saturated heterocycles.